The third-order valence-corrected chi connectivity index (χ3v) is 3.77. The summed E-state index contributed by atoms with van der Waals surface area (Å²) in [7, 11) is 1.43. The number of benzene rings is 1. The van der Waals surface area contributed by atoms with Gasteiger partial charge in [-0.15, -0.1) is 0 Å². The number of aromatic nitrogens is 1. The molecule has 2 aromatic rings. The zero-order chi connectivity index (χ0) is 17.1. The fraction of sp³-hybridized carbons (Fsp3) is 0.294. The molecule has 1 aromatic heterocycles. The van der Waals surface area contributed by atoms with Crippen molar-refractivity contribution >= 4 is 5.91 Å². The molecule has 1 N–H and O–H groups in total. The van der Waals surface area contributed by atoms with Crippen LogP contribution in [0.2, 0.25) is 0 Å². The van der Waals surface area contributed by atoms with E-state index in [2.05, 4.69) is 5.32 Å². The van der Waals surface area contributed by atoms with Gasteiger partial charge in [-0.1, -0.05) is 6.07 Å². The van der Waals surface area contributed by atoms with Gasteiger partial charge in [0.1, 0.15) is 6.54 Å². The van der Waals surface area contributed by atoms with Gasteiger partial charge in [0.15, 0.2) is 17.2 Å². The van der Waals surface area contributed by atoms with Crippen molar-refractivity contribution in [1.82, 2.24) is 9.88 Å². The first-order chi connectivity index (χ1) is 11.6. The van der Waals surface area contributed by atoms with Crippen molar-refractivity contribution in [2.45, 2.75) is 20.0 Å². The first-order valence-electron chi connectivity index (χ1n) is 7.47. The van der Waals surface area contributed by atoms with Gasteiger partial charge in [-0.3, -0.25) is 9.59 Å². The van der Waals surface area contributed by atoms with Gasteiger partial charge in [-0.2, -0.15) is 0 Å². The number of pyridine rings is 1. The van der Waals surface area contributed by atoms with Crippen molar-refractivity contribution < 1.29 is 19.0 Å². The number of carbonyl (C=O) groups is 1. The van der Waals surface area contributed by atoms with E-state index in [1.54, 1.807) is 11.5 Å². The standard InChI is InChI=1S/C17H18N2O5/c1-11-5-13(20)16(22-2)8-19(11)9-17(21)18-7-12-3-4-14-15(6-12)24-10-23-14/h3-6,8H,7,9-10H2,1-2H3,(H,18,21). The molecule has 0 bridgehead atoms. The van der Waals surface area contributed by atoms with Gasteiger partial charge in [0.05, 0.1) is 13.3 Å². The van der Waals surface area contributed by atoms with Crippen molar-refractivity contribution in [3.8, 4) is 17.2 Å². The minimum Gasteiger partial charge on any atom is -0.491 e. The van der Waals surface area contributed by atoms with Crippen LogP contribution in [-0.2, 0) is 17.9 Å². The quantitative estimate of drug-likeness (QED) is 0.891. The maximum Gasteiger partial charge on any atom is 0.240 e. The Morgan fingerprint density at radius 3 is 2.88 bits per heavy atom. The number of nitrogens with one attached hydrogen (secondary N) is 1. The van der Waals surface area contributed by atoms with Gasteiger partial charge in [0.25, 0.3) is 0 Å². The Morgan fingerprint density at radius 1 is 1.29 bits per heavy atom. The summed E-state index contributed by atoms with van der Waals surface area (Å²) in [5.74, 6) is 1.44. The monoisotopic (exact) mass is 330 g/mol. The van der Waals surface area contributed by atoms with Crippen molar-refractivity contribution in [1.29, 1.82) is 0 Å². The number of carbonyl (C=O) groups excluding carboxylic acids is 1. The molecule has 0 aliphatic carbocycles. The van der Waals surface area contributed by atoms with Crippen LogP contribution in [0.3, 0.4) is 0 Å². The Balaban J connectivity index is 1.63. The van der Waals surface area contributed by atoms with Gasteiger partial charge in [-0.05, 0) is 24.6 Å². The molecule has 2 heterocycles. The van der Waals surface area contributed by atoms with E-state index in [0.29, 0.717) is 23.7 Å². The molecule has 1 aliphatic heterocycles. The number of nitrogens with zero attached hydrogens (tertiary/aromatic N) is 1. The lowest BCUT2D eigenvalue weighted by molar-refractivity contribution is -0.121. The van der Waals surface area contributed by atoms with E-state index in [1.165, 1.54) is 19.4 Å². The van der Waals surface area contributed by atoms with Gasteiger partial charge in [0.2, 0.25) is 18.1 Å². The van der Waals surface area contributed by atoms with Crippen LogP contribution >= 0.6 is 0 Å². The molecule has 1 aliphatic rings. The Bertz CT molecular complexity index is 828. The Kier molecular flexibility index (Phi) is 4.41. The Labute approximate surface area is 138 Å². The molecule has 0 fully saturated rings. The second-order valence-electron chi connectivity index (χ2n) is 5.44. The second-order valence-corrected chi connectivity index (χ2v) is 5.44. The fourth-order valence-corrected chi connectivity index (χ4v) is 2.44. The van der Waals surface area contributed by atoms with Crippen LogP contribution in [0.1, 0.15) is 11.3 Å². The summed E-state index contributed by atoms with van der Waals surface area (Å²) in [6, 6.07) is 6.99. The number of fused-ring (bicyclic) bond motifs is 1. The van der Waals surface area contributed by atoms with Crippen LogP contribution in [0.5, 0.6) is 17.2 Å². The van der Waals surface area contributed by atoms with E-state index >= 15 is 0 Å². The summed E-state index contributed by atoms with van der Waals surface area (Å²) >= 11 is 0. The van der Waals surface area contributed by atoms with Crippen LogP contribution in [-0.4, -0.2) is 24.4 Å². The summed E-state index contributed by atoms with van der Waals surface area (Å²) in [5.41, 5.74) is 1.41. The van der Waals surface area contributed by atoms with Crippen molar-refractivity contribution in [2.24, 2.45) is 0 Å². The lowest BCUT2D eigenvalue weighted by Crippen LogP contribution is -2.28. The summed E-state index contributed by atoms with van der Waals surface area (Å²) in [6.07, 6.45) is 1.54. The SMILES string of the molecule is COc1cn(CC(=O)NCc2ccc3c(c2)OCO3)c(C)cc1=O. The third-order valence-electron chi connectivity index (χ3n) is 3.77. The number of ether oxygens (including phenoxy) is 3. The molecule has 0 unspecified atom stereocenters. The maximum atomic E-state index is 12.1. The molecule has 0 atom stereocenters. The summed E-state index contributed by atoms with van der Waals surface area (Å²) in [6.45, 7) is 2.48. The van der Waals surface area contributed by atoms with Gasteiger partial charge in [-0.25, -0.2) is 0 Å². The molecule has 1 amide bonds. The number of hydrogen-bond acceptors (Lipinski definition) is 5. The molecule has 0 spiro atoms. The zero-order valence-corrected chi connectivity index (χ0v) is 13.5. The Morgan fingerprint density at radius 2 is 2.08 bits per heavy atom. The second kappa shape index (κ2) is 6.66. The molecule has 3 rings (SSSR count). The molecule has 0 saturated carbocycles. The summed E-state index contributed by atoms with van der Waals surface area (Å²) < 4.78 is 17.2. The highest BCUT2D eigenvalue weighted by Gasteiger charge is 2.13. The normalized spacial score (nSPS) is 12.1. The van der Waals surface area contributed by atoms with E-state index in [4.69, 9.17) is 14.2 Å². The van der Waals surface area contributed by atoms with Crippen LogP contribution in [0.25, 0.3) is 0 Å². The fourth-order valence-electron chi connectivity index (χ4n) is 2.44. The smallest absolute Gasteiger partial charge is 0.240 e. The first-order valence-corrected chi connectivity index (χ1v) is 7.47. The maximum absolute atomic E-state index is 12.1. The first kappa shape index (κ1) is 15.9. The highest BCUT2D eigenvalue weighted by molar-refractivity contribution is 5.75. The van der Waals surface area contributed by atoms with Crippen molar-refractivity contribution in [2.75, 3.05) is 13.9 Å². The lowest BCUT2D eigenvalue weighted by Gasteiger charge is -2.12. The minimum atomic E-state index is -0.202. The summed E-state index contributed by atoms with van der Waals surface area (Å²) in [5, 5.41) is 2.84. The predicted molar refractivity (Wildman–Crippen MR) is 86.4 cm³/mol. The predicted octanol–water partition coefficient (Wildman–Crippen LogP) is 1.21. The summed E-state index contributed by atoms with van der Waals surface area (Å²) in [4.78, 5) is 23.8. The molecule has 1 aromatic carbocycles. The van der Waals surface area contributed by atoms with Crippen LogP contribution in [0.4, 0.5) is 0 Å². The van der Waals surface area contributed by atoms with E-state index in [9.17, 15) is 9.59 Å². The molecule has 0 radical (unpaired) electrons. The Hall–Kier alpha value is -2.96. The van der Waals surface area contributed by atoms with Crippen LogP contribution in [0.15, 0.2) is 35.3 Å². The molecular weight excluding hydrogens is 312 g/mol. The molecule has 7 nitrogen and oxygen atoms in total. The van der Waals surface area contributed by atoms with E-state index in [0.717, 1.165) is 5.56 Å². The van der Waals surface area contributed by atoms with E-state index in [-0.39, 0.29) is 30.4 Å². The highest BCUT2D eigenvalue weighted by Crippen LogP contribution is 2.32. The highest BCUT2D eigenvalue weighted by atomic mass is 16.7. The number of methoxy groups -OCH3 is 1. The molecule has 7 heteroatoms. The molecule has 0 saturated heterocycles. The van der Waals surface area contributed by atoms with Crippen LogP contribution < -0.4 is 25.0 Å². The van der Waals surface area contributed by atoms with Crippen molar-refractivity contribution in [3.05, 3.63) is 51.9 Å². The number of aryl methyl sites for hydroxylation is 1. The number of rotatable bonds is 5. The molecule has 24 heavy (non-hydrogen) atoms. The van der Waals surface area contributed by atoms with E-state index < -0.39 is 0 Å². The van der Waals surface area contributed by atoms with Crippen molar-refractivity contribution in [3.63, 3.8) is 0 Å². The topological polar surface area (TPSA) is 78.8 Å². The van der Waals surface area contributed by atoms with Gasteiger partial charge in [0, 0.05) is 18.3 Å². The number of amides is 1. The molecular formula is C17H18N2O5. The minimum absolute atomic E-state index is 0.104. The van der Waals surface area contributed by atoms with Gasteiger partial charge < -0.3 is 24.1 Å². The van der Waals surface area contributed by atoms with Crippen LogP contribution in [0, 0.1) is 6.92 Å². The lowest BCUT2D eigenvalue weighted by atomic mass is 10.2. The van der Waals surface area contributed by atoms with E-state index in [1.807, 2.05) is 18.2 Å². The third kappa shape index (κ3) is 3.34. The zero-order valence-electron chi connectivity index (χ0n) is 13.5. The van der Waals surface area contributed by atoms with Gasteiger partial charge >= 0.3 is 0 Å². The molecule has 126 valence electrons. The number of hydrogen-bond donors (Lipinski definition) is 1. The average molecular weight is 330 g/mol. The average Bonchev–Trinajstić information content (AvgIpc) is 3.03. The largest absolute Gasteiger partial charge is 0.491 e.